The summed E-state index contributed by atoms with van der Waals surface area (Å²) in [5.74, 6) is 0.306. The number of fused-ring (bicyclic) bond motifs is 1. The number of H-pyrrole nitrogens is 1. The van der Waals surface area contributed by atoms with E-state index >= 15 is 0 Å². The van der Waals surface area contributed by atoms with E-state index in [1.807, 2.05) is 24.3 Å². The first-order valence-corrected chi connectivity index (χ1v) is 12.4. The van der Waals surface area contributed by atoms with E-state index in [4.69, 9.17) is 4.74 Å². The van der Waals surface area contributed by atoms with Gasteiger partial charge < -0.3 is 25.4 Å². The maximum atomic E-state index is 12.5. The van der Waals surface area contributed by atoms with Crippen molar-refractivity contribution in [3.8, 4) is 22.6 Å². The number of hydrogen-bond donors (Lipinski definition) is 4. The van der Waals surface area contributed by atoms with Crippen molar-refractivity contribution in [3.05, 3.63) is 66.9 Å². The van der Waals surface area contributed by atoms with Gasteiger partial charge in [-0.2, -0.15) is 5.10 Å². The van der Waals surface area contributed by atoms with Crippen LogP contribution in [0.5, 0.6) is 11.5 Å². The summed E-state index contributed by atoms with van der Waals surface area (Å²) in [4.78, 5) is 14.8. The van der Waals surface area contributed by atoms with E-state index < -0.39 is 18.1 Å². The predicted molar refractivity (Wildman–Crippen MR) is 142 cm³/mol. The third-order valence-electron chi connectivity index (χ3n) is 6.20. The smallest absolute Gasteiger partial charge is 0.492 e. The number of carbonyl (C=O) groups excluding carboxylic acids is 1. The Morgan fingerprint density at radius 3 is 2.51 bits per heavy atom. The minimum atomic E-state index is -4.82. The molecule has 1 saturated heterocycles. The zero-order chi connectivity index (χ0) is 27.2. The van der Waals surface area contributed by atoms with Crippen LogP contribution in [0.15, 0.2) is 66.9 Å². The van der Waals surface area contributed by atoms with Gasteiger partial charge in [0.2, 0.25) is 0 Å². The van der Waals surface area contributed by atoms with Crippen molar-refractivity contribution >= 4 is 28.3 Å². The average molecular weight is 541 g/mol. The number of piperazine rings is 1. The Morgan fingerprint density at radius 2 is 1.74 bits per heavy atom. The first-order chi connectivity index (χ1) is 18.8. The quantitative estimate of drug-likeness (QED) is 0.249. The van der Waals surface area contributed by atoms with Crippen LogP contribution in [0, 0.1) is 0 Å². The van der Waals surface area contributed by atoms with Crippen LogP contribution in [-0.4, -0.2) is 66.8 Å². The Kier molecular flexibility index (Phi) is 7.84. The maximum Gasteiger partial charge on any atom is 0.573 e. The van der Waals surface area contributed by atoms with Crippen LogP contribution in [0.1, 0.15) is 0 Å². The highest BCUT2D eigenvalue weighted by Gasteiger charge is 2.31. The van der Waals surface area contributed by atoms with E-state index in [0.29, 0.717) is 12.3 Å². The summed E-state index contributed by atoms with van der Waals surface area (Å²) in [6, 6.07) is 15.5. The van der Waals surface area contributed by atoms with Gasteiger partial charge >= 0.3 is 12.4 Å². The van der Waals surface area contributed by atoms with Gasteiger partial charge in [-0.1, -0.05) is 18.2 Å². The molecule has 4 N–H and O–H groups in total. The predicted octanol–water partition coefficient (Wildman–Crippen LogP) is 5.06. The third-order valence-corrected chi connectivity index (χ3v) is 6.20. The van der Waals surface area contributed by atoms with Crippen molar-refractivity contribution in [2.45, 2.75) is 6.36 Å². The van der Waals surface area contributed by atoms with Crippen LogP contribution in [0.25, 0.3) is 22.0 Å². The lowest BCUT2D eigenvalue weighted by atomic mass is 10.0. The molecule has 0 spiro atoms. The number of alkyl halides is 3. The second-order valence-electron chi connectivity index (χ2n) is 8.97. The number of halogens is 3. The molecule has 4 aromatic rings. The van der Waals surface area contributed by atoms with Gasteiger partial charge in [-0.3, -0.25) is 10.00 Å². The fraction of sp³-hybridized carbons (Fsp3) is 0.259. The zero-order valence-electron chi connectivity index (χ0n) is 20.8. The molecule has 0 atom stereocenters. The first-order valence-electron chi connectivity index (χ1n) is 12.4. The minimum Gasteiger partial charge on any atom is -0.492 e. The van der Waals surface area contributed by atoms with Gasteiger partial charge in [0, 0.05) is 61.6 Å². The molecule has 1 fully saturated rings. The number of ether oxygens (including phenoxy) is 2. The van der Waals surface area contributed by atoms with Gasteiger partial charge in [0.25, 0.3) is 0 Å². The van der Waals surface area contributed by atoms with E-state index in [-0.39, 0.29) is 5.69 Å². The summed E-state index contributed by atoms with van der Waals surface area (Å²) in [7, 11) is 0. The van der Waals surface area contributed by atoms with Gasteiger partial charge in [-0.15, -0.1) is 13.2 Å². The summed E-state index contributed by atoms with van der Waals surface area (Å²) in [6.45, 7) is 5.40. The standard InChI is InChI=1S/C27H27F3N6O3/c28-27(29,30)39-21-3-1-2-20(14-21)34-26(37)33-19-6-4-18(5-7-19)23-15-22(16-25-24(23)17-32-35-25)38-13-12-36-10-8-31-9-11-36/h1-7,14-17,31H,8-13H2,(H,32,35)(H2,33,34,37). The second kappa shape index (κ2) is 11.6. The molecule has 0 saturated carbocycles. The monoisotopic (exact) mass is 540 g/mol. The van der Waals surface area contributed by atoms with Crippen LogP contribution in [0.3, 0.4) is 0 Å². The highest BCUT2D eigenvalue weighted by Crippen LogP contribution is 2.33. The minimum absolute atomic E-state index is 0.155. The lowest BCUT2D eigenvalue weighted by Crippen LogP contribution is -2.44. The lowest BCUT2D eigenvalue weighted by Gasteiger charge is -2.26. The lowest BCUT2D eigenvalue weighted by molar-refractivity contribution is -0.274. The number of nitrogens with one attached hydrogen (secondary N) is 4. The number of nitrogens with zero attached hydrogens (tertiary/aromatic N) is 2. The van der Waals surface area contributed by atoms with Crippen molar-refractivity contribution in [1.29, 1.82) is 0 Å². The number of urea groups is 1. The molecule has 1 aliphatic heterocycles. The van der Waals surface area contributed by atoms with Crippen molar-refractivity contribution < 1.29 is 27.4 Å². The summed E-state index contributed by atoms with van der Waals surface area (Å²) in [5.41, 5.74) is 3.34. The molecule has 0 bridgehead atoms. The highest BCUT2D eigenvalue weighted by atomic mass is 19.4. The molecular weight excluding hydrogens is 513 g/mol. The Hall–Kier alpha value is -4.29. The maximum absolute atomic E-state index is 12.5. The molecule has 3 aromatic carbocycles. The molecule has 0 radical (unpaired) electrons. The first kappa shape index (κ1) is 26.3. The van der Waals surface area contributed by atoms with Gasteiger partial charge in [0.1, 0.15) is 18.1 Å². The van der Waals surface area contributed by atoms with Crippen LogP contribution in [-0.2, 0) is 0 Å². The van der Waals surface area contributed by atoms with Crippen molar-refractivity contribution in [1.82, 2.24) is 20.4 Å². The van der Waals surface area contributed by atoms with Crippen molar-refractivity contribution in [2.75, 3.05) is 50.0 Å². The number of aromatic nitrogens is 2. The van der Waals surface area contributed by atoms with Crippen LogP contribution >= 0.6 is 0 Å². The van der Waals surface area contributed by atoms with Gasteiger partial charge in [-0.05, 0) is 41.5 Å². The second-order valence-corrected chi connectivity index (χ2v) is 8.97. The number of carbonyl (C=O) groups is 1. The molecule has 12 heteroatoms. The zero-order valence-corrected chi connectivity index (χ0v) is 20.8. The summed E-state index contributed by atoms with van der Waals surface area (Å²) < 4.78 is 47.3. The molecular formula is C27H27F3N6O3. The largest absolute Gasteiger partial charge is 0.573 e. The van der Waals surface area contributed by atoms with Gasteiger partial charge in [-0.25, -0.2) is 4.79 Å². The molecule has 5 rings (SSSR count). The molecule has 2 amide bonds. The number of aromatic amines is 1. The number of rotatable bonds is 8. The Morgan fingerprint density at radius 1 is 0.974 bits per heavy atom. The topological polar surface area (TPSA) is 104 Å². The van der Waals surface area contributed by atoms with Crippen LogP contribution in [0.4, 0.5) is 29.3 Å². The van der Waals surface area contributed by atoms with E-state index in [2.05, 4.69) is 35.8 Å². The summed E-state index contributed by atoms with van der Waals surface area (Å²) in [6.07, 6.45) is -3.06. The molecule has 0 unspecified atom stereocenters. The molecule has 1 aromatic heterocycles. The molecule has 9 nitrogen and oxygen atoms in total. The molecule has 2 heterocycles. The average Bonchev–Trinajstić information content (AvgIpc) is 3.37. The highest BCUT2D eigenvalue weighted by molar-refractivity contribution is 6.00. The summed E-state index contributed by atoms with van der Waals surface area (Å²) in [5, 5.41) is 16.6. The number of benzene rings is 3. The molecule has 0 aliphatic carbocycles. The van der Waals surface area contributed by atoms with E-state index in [1.54, 1.807) is 18.3 Å². The van der Waals surface area contributed by atoms with Crippen molar-refractivity contribution in [3.63, 3.8) is 0 Å². The molecule has 1 aliphatic rings. The van der Waals surface area contributed by atoms with Crippen molar-refractivity contribution in [2.24, 2.45) is 0 Å². The van der Waals surface area contributed by atoms with Gasteiger partial charge in [0.15, 0.2) is 0 Å². The van der Waals surface area contributed by atoms with E-state index in [1.165, 1.54) is 12.1 Å². The fourth-order valence-electron chi connectivity index (χ4n) is 4.37. The Bertz CT molecular complexity index is 1420. The fourth-order valence-corrected chi connectivity index (χ4v) is 4.37. The van der Waals surface area contributed by atoms with E-state index in [9.17, 15) is 18.0 Å². The number of anilines is 2. The Labute approximate surface area is 222 Å². The molecule has 39 heavy (non-hydrogen) atoms. The Balaban J connectivity index is 1.23. The number of hydrogen-bond acceptors (Lipinski definition) is 6. The van der Waals surface area contributed by atoms with Crippen LogP contribution in [0.2, 0.25) is 0 Å². The normalized spacial score (nSPS) is 14.2. The van der Waals surface area contributed by atoms with E-state index in [0.717, 1.165) is 72.6 Å². The SMILES string of the molecule is O=C(Nc1ccc(-c2cc(OCCN3CCNCC3)cc3[nH]ncc23)cc1)Nc1cccc(OC(F)(F)F)c1. The summed E-state index contributed by atoms with van der Waals surface area (Å²) >= 11 is 0. The third kappa shape index (κ3) is 7.18. The number of amides is 2. The van der Waals surface area contributed by atoms with Gasteiger partial charge in [0.05, 0.1) is 11.7 Å². The van der Waals surface area contributed by atoms with Crippen LogP contribution < -0.4 is 25.4 Å². The molecule has 204 valence electrons.